The first-order chi connectivity index (χ1) is 7.97. The van der Waals surface area contributed by atoms with Crippen molar-refractivity contribution in [1.82, 2.24) is 4.98 Å². The van der Waals surface area contributed by atoms with E-state index in [2.05, 4.69) is 9.72 Å². The van der Waals surface area contributed by atoms with Crippen LogP contribution < -0.4 is 0 Å². The van der Waals surface area contributed by atoms with Crippen LogP contribution in [0.25, 0.3) is 0 Å². The van der Waals surface area contributed by atoms with Crippen molar-refractivity contribution in [2.75, 3.05) is 6.61 Å². The van der Waals surface area contributed by atoms with E-state index >= 15 is 0 Å². The van der Waals surface area contributed by atoms with E-state index in [9.17, 15) is 18.0 Å². The van der Waals surface area contributed by atoms with E-state index in [4.69, 9.17) is 0 Å². The first-order valence-electron chi connectivity index (χ1n) is 5.05. The lowest BCUT2D eigenvalue weighted by Crippen LogP contribution is -2.11. The highest BCUT2D eigenvalue weighted by molar-refractivity contribution is 5.72. The lowest BCUT2D eigenvalue weighted by atomic mass is 10.1. The molecule has 0 unspecified atom stereocenters. The molecule has 0 saturated carbocycles. The first kappa shape index (κ1) is 13.5. The molecule has 1 aromatic rings. The summed E-state index contributed by atoms with van der Waals surface area (Å²) in [4.78, 5) is 14.5. The Morgan fingerprint density at radius 1 is 1.53 bits per heavy atom. The molecule has 0 N–H and O–H groups in total. The van der Waals surface area contributed by atoms with Gasteiger partial charge >= 0.3 is 5.97 Å². The summed E-state index contributed by atoms with van der Waals surface area (Å²) < 4.78 is 42.8. The highest BCUT2D eigenvalue weighted by Gasteiger charge is 2.20. The summed E-state index contributed by atoms with van der Waals surface area (Å²) in [6.45, 7) is 3.18. The molecule has 3 nitrogen and oxygen atoms in total. The minimum Gasteiger partial charge on any atom is -0.466 e. The second-order valence-electron chi connectivity index (χ2n) is 3.39. The summed E-state index contributed by atoms with van der Waals surface area (Å²) in [6.07, 6.45) is -2.06. The number of alkyl halides is 2. The zero-order chi connectivity index (χ0) is 13.0. The van der Waals surface area contributed by atoms with Gasteiger partial charge in [-0.25, -0.2) is 13.2 Å². The molecule has 0 aliphatic heterocycles. The van der Waals surface area contributed by atoms with E-state index in [1.807, 2.05) is 0 Å². The van der Waals surface area contributed by atoms with Gasteiger partial charge in [0.15, 0.2) is 5.82 Å². The Hall–Kier alpha value is -1.59. The third-order valence-electron chi connectivity index (χ3n) is 2.24. The fourth-order valence-electron chi connectivity index (χ4n) is 1.33. The minimum absolute atomic E-state index is 0.00310. The Bertz CT molecular complexity index is 421. The van der Waals surface area contributed by atoms with E-state index in [0.717, 1.165) is 6.20 Å². The van der Waals surface area contributed by atoms with Gasteiger partial charge in [0.05, 0.1) is 13.0 Å². The van der Waals surface area contributed by atoms with E-state index < -0.39 is 23.9 Å². The number of hydrogen-bond donors (Lipinski definition) is 0. The molecule has 0 aliphatic carbocycles. The molecule has 6 heteroatoms. The molecule has 0 spiro atoms. The Labute approximate surface area is 96.6 Å². The number of rotatable bonds is 4. The van der Waals surface area contributed by atoms with Crippen molar-refractivity contribution in [3.05, 3.63) is 28.8 Å². The summed E-state index contributed by atoms with van der Waals surface area (Å²) in [5.41, 5.74) is -0.635. The molecule has 1 rings (SSSR count). The number of nitrogens with zero attached hydrogens (tertiary/aromatic N) is 1. The quantitative estimate of drug-likeness (QED) is 0.767. The Morgan fingerprint density at radius 3 is 2.71 bits per heavy atom. The van der Waals surface area contributed by atoms with Gasteiger partial charge in [0.2, 0.25) is 0 Å². The molecule has 17 heavy (non-hydrogen) atoms. The van der Waals surface area contributed by atoms with Crippen LogP contribution in [0.3, 0.4) is 0 Å². The normalized spacial score (nSPS) is 10.7. The van der Waals surface area contributed by atoms with Crippen molar-refractivity contribution in [1.29, 1.82) is 0 Å². The molecule has 1 heterocycles. The minimum atomic E-state index is -2.97. The number of carbonyl (C=O) groups excluding carboxylic acids is 1. The smallest absolute Gasteiger partial charge is 0.310 e. The predicted octanol–water partition coefficient (Wildman–Crippen LogP) is 2.57. The molecule has 0 saturated heterocycles. The summed E-state index contributed by atoms with van der Waals surface area (Å²) in [6, 6.07) is 0. The first-order valence-corrected chi connectivity index (χ1v) is 5.05. The third-order valence-corrected chi connectivity index (χ3v) is 2.24. The van der Waals surface area contributed by atoms with Crippen molar-refractivity contribution in [2.24, 2.45) is 0 Å². The standard InChI is InChI=1S/C11H12F3NO2/c1-3-17-8(16)4-7-5-15-10(11(13)14)9(12)6(7)2/h5,11H,3-4H2,1-2H3. The van der Waals surface area contributed by atoms with E-state index in [-0.39, 0.29) is 24.2 Å². The largest absolute Gasteiger partial charge is 0.466 e. The molecule has 0 amide bonds. The second kappa shape index (κ2) is 5.65. The Balaban J connectivity index is 2.96. The predicted molar refractivity (Wildman–Crippen MR) is 54.2 cm³/mol. The summed E-state index contributed by atoms with van der Waals surface area (Å²) in [7, 11) is 0. The average molecular weight is 247 g/mol. The van der Waals surface area contributed by atoms with E-state index in [0.29, 0.717) is 0 Å². The number of hydrogen-bond acceptors (Lipinski definition) is 3. The molecule has 0 radical (unpaired) electrons. The molecule has 0 aromatic carbocycles. The van der Waals surface area contributed by atoms with Gasteiger partial charge in [0, 0.05) is 6.20 Å². The molecular weight excluding hydrogens is 235 g/mol. The molecule has 0 fully saturated rings. The van der Waals surface area contributed by atoms with Crippen LogP contribution in [0.5, 0.6) is 0 Å². The van der Waals surface area contributed by atoms with Crippen molar-refractivity contribution < 1.29 is 22.7 Å². The molecule has 0 bridgehead atoms. The third kappa shape index (κ3) is 3.18. The molecule has 0 aliphatic rings. The maximum atomic E-state index is 13.5. The van der Waals surface area contributed by atoms with Gasteiger partial charge in [-0.3, -0.25) is 9.78 Å². The maximum Gasteiger partial charge on any atom is 0.310 e. The number of ether oxygens (including phenoxy) is 1. The number of carbonyl (C=O) groups is 1. The highest BCUT2D eigenvalue weighted by Crippen LogP contribution is 2.23. The fraction of sp³-hybridized carbons (Fsp3) is 0.455. The van der Waals surface area contributed by atoms with Gasteiger partial charge in [-0.1, -0.05) is 0 Å². The summed E-state index contributed by atoms with van der Waals surface area (Å²) >= 11 is 0. The van der Waals surface area contributed by atoms with Crippen LogP contribution in [0.2, 0.25) is 0 Å². The summed E-state index contributed by atoms with van der Waals surface area (Å²) in [5, 5.41) is 0. The van der Waals surface area contributed by atoms with Gasteiger partial charge in [-0.2, -0.15) is 0 Å². The number of halogens is 3. The maximum absolute atomic E-state index is 13.5. The van der Waals surface area contributed by atoms with Crippen molar-refractivity contribution in [3.63, 3.8) is 0 Å². The van der Waals surface area contributed by atoms with Crippen molar-refractivity contribution in [3.8, 4) is 0 Å². The molecule has 0 atom stereocenters. The fourth-order valence-corrected chi connectivity index (χ4v) is 1.33. The van der Waals surface area contributed by atoms with E-state index in [1.165, 1.54) is 6.92 Å². The van der Waals surface area contributed by atoms with Gasteiger partial charge < -0.3 is 4.74 Å². The molecule has 1 aromatic heterocycles. The SMILES string of the molecule is CCOC(=O)Cc1cnc(C(F)F)c(F)c1C. The molecule has 94 valence electrons. The highest BCUT2D eigenvalue weighted by atomic mass is 19.3. The second-order valence-corrected chi connectivity index (χ2v) is 3.39. The lowest BCUT2D eigenvalue weighted by Gasteiger charge is -2.09. The van der Waals surface area contributed by atoms with Crippen LogP contribution in [0.1, 0.15) is 30.2 Å². The van der Waals surface area contributed by atoms with Crippen LogP contribution >= 0.6 is 0 Å². The zero-order valence-electron chi connectivity index (χ0n) is 9.47. The van der Waals surface area contributed by atoms with Crippen LogP contribution in [-0.4, -0.2) is 17.6 Å². The van der Waals surface area contributed by atoms with Crippen LogP contribution in [0, 0.1) is 12.7 Å². The van der Waals surface area contributed by atoms with Crippen LogP contribution in [0.4, 0.5) is 13.2 Å². The topological polar surface area (TPSA) is 39.2 Å². The Morgan fingerprint density at radius 2 is 2.18 bits per heavy atom. The van der Waals surface area contributed by atoms with Gasteiger partial charge in [0.1, 0.15) is 5.69 Å². The van der Waals surface area contributed by atoms with Gasteiger partial charge in [-0.15, -0.1) is 0 Å². The van der Waals surface area contributed by atoms with E-state index in [1.54, 1.807) is 6.92 Å². The molecular formula is C11H12F3NO2. The van der Waals surface area contributed by atoms with Crippen LogP contribution in [0.15, 0.2) is 6.20 Å². The number of aromatic nitrogens is 1. The monoisotopic (exact) mass is 247 g/mol. The van der Waals surface area contributed by atoms with Gasteiger partial charge in [-0.05, 0) is 25.0 Å². The Kier molecular flexibility index (Phi) is 4.48. The summed E-state index contributed by atoms with van der Waals surface area (Å²) in [5.74, 6) is -1.61. The average Bonchev–Trinajstić information content (AvgIpc) is 2.25. The zero-order valence-corrected chi connectivity index (χ0v) is 9.47. The number of pyridine rings is 1. The number of esters is 1. The van der Waals surface area contributed by atoms with Crippen molar-refractivity contribution >= 4 is 5.97 Å². The van der Waals surface area contributed by atoms with Gasteiger partial charge in [0.25, 0.3) is 6.43 Å². The van der Waals surface area contributed by atoms with Crippen LogP contribution in [-0.2, 0) is 16.0 Å². The lowest BCUT2D eigenvalue weighted by molar-refractivity contribution is -0.142. The van der Waals surface area contributed by atoms with Crippen molar-refractivity contribution in [2.45, 2.75) is 26.7 Å².